The molecule has 2 aromatic rings. The molecule has 0 bridgehead atoms. The largest absolute Gasteiger partial charge is 0.478 e. The van der Waals surface area contributed by atoms with Crippen molar-refractivity contribution in [1.29, 1.82) is 0 Å². The highest BCUT2D eigenvalue weighted by atomic mass is 16.4. The minimum absolute atomic E-state index is 0.217. The molecule has 0 radical (unpaired) electrons. The van der Waals surface area contributed by atoms with E-state index in [1.165, 1.54) is 0 Å². The lowest BCUT2D eigenvalue weighted by atomic mass is 10.1. The maximum Gasteiger partial charge on any atom is 0.339 e. The number of hydrogen-bond donors (Lipinski definition) is 2. The molecule has 0 spiro atoms. The van der Waals surface area contributed by atoms with Gasteiger partial charge in [-0.15, -0.1) is 0 Å². The van der Waals surface area contributed by atoms with Crippen LogP contribution in [0.3, 0.4) is 0 Å². The summed E-state index contributed by atoms with van der Waals surface area (Å²) in [5.74, 6) is -0.577. The molecule has 0 unspecified atom stereocenters. The average molecular weight is 285 g/mol. The molecule has 0 aliphatic carbocycles. The molecule has 0 amide bonds. The third kappa shape index (κ3) is 3.37. The van der Waals surface area contributed by atoms with Crippen molar-refractivity contribution in [2.45, 2.75) is 33.7 Å². The summed E-state index contributed by atoms with van der Waals surface area (Å²) in [6.45, 7) is 6.15. The van der Waals surface area contributed by atoms with E-state index in [4.69, 9.17) is 0 Å². The predicted molar refractivity (Wildman–Crippen MR) is 81.6 cm³/mol. The Morgan fingerprint density at radius 1 is 1.38 bits per heavy atom. The first-order valence-corrected chi connectivity index (χ1v) is 6.91. The van der Waals surface area contributed by atoms with Gasteiger partial charge in [0.25, 0.3) is 0 Å². The van der Waals surface area contributed by atoms with Gasteiger partial charge in [0, 0.05) is 11.9 Å². The summed E-state index contributed by atoms with van der Waals surface area (Å²) in [6, 6.07) is 5.70. The van der Waals surface area contributed by atoms with Gasteiger partial charge in [-0.05, 0) is 43.5 Å². The summed E-state index contributed by atoms with van der Waals surface area (Å²) in [5, 5.41) is 12.5. The van der Waals surface area contributed by atoms with Crippen LogP contribution in [0, 0.1) is 13.8 Å². The van der Waals surface area contributed by atoms with E-state index in [9.17, 15) is 9.90 Å². The zero-order chi connectivity index (χ0) is 15.4. The fourth-order valence-electron chi connectivity index (χ4n) is 2.35. The number of aromatic nitrogens is 2. The number of hydrogen-bond acceptors (Lipinski definition) is 4. The third-order valence-electron chi connectivity index (χ3n) is 3.35. The third-order valence-corrected chi connectivity index (χ3v) is 3.35. The van der Waals surface area contributed by atoms with E-state index in [0.29, 0.717) is 17.9 Å². The smallest absolute Gasteiger partial charge is 0.339 e. The fourth-order valence-corrected chi connectivity index (χ4v) is 2.35. The Labute approximate surface area is 124 Å². The first-order valence-electron chi connectivity index (χ1n) is 6.91. The lowest BCUT2D eigenvalue weighted by molar-refractivity contribution is 0.0697. The Morgan fingerprint density at radius 2 is 2.14 bits per heavy atom. The Morgan fingerprint density at radius 3 is 2.81 bits per heavy atom. The topological polar surface area (TPSA) is 75.1 Å². The molecule has 21 heavy (non-hydrogen) atoms. The Bertz CT molecular complexity index is 669. The van der Waals surface area contributed by atoms with Gasteiger partial charge < -0.3 is 10.4 Å². The van der Waals surface area contributed by atoms with Crippen LogP contribution < -0.4 is 5.32 Å². The van der Waals surface area contributed by atoms with Crippen LogP contribution >= 0.6 is 0 Å². The average Bonchev–Trinajstić information content (AvgIpc) is 2.44. The molecular formula is C16H19N3O2. The van der Waals surface area contributed by atoms with Gasteiger partial charge in [-0.2, -0.15) is 0 Å². The van der Waals surface area contributed by atoms with Crippen LogP contribution in [-0.2, 0) is 13.0 Å². The number of anilines is 1. The Kier molecular flexibility index (Phi) is 4.52. The molecule has 110 valence electrons. The summed E-state index contributed by atoms with van der Waals surface area (Å²) in [5.41, 5.74) is 3.77. The van der Waals surface area contributed by atoms with Crippen molar-refractivity contribution in [3.05, 3.63) is 52.5 Å². The highest BCUT2D eigenvalue weighted by Crippen LogP contribution is 2.19. The minimum Gasteiger partial charge on any atom is -0.478 e. The molecule has 0 fully saturated rings. The molecule has 0 saturated heterocycles. The second-order valence-electron chi connectivity index (χ2n) is 4.93. The first-order chi connectivity index (χ1) is 10.0. The molecule has 0 atom stereocenters. The monoisotopic (exact) mass is 285 g/mol. The molecule has 0 saturated carbocycles. The number of nitrogens with zero attached hydrogens (tertiary/aromatic N) is 2. The van der Waals surface area contributed by atoms with E-state index in [1.54, 1.807) is 19.2 Å². The summed E-state index contributed by atoms with van der Waals surface area (Å²) in [6.07, 6.45) is 2.63. The van der Waals surface area contributed by atoms with Gasteiger partial charge in [0.1, 0.15) is 11.4 Å². The normalized spacial score (nSPS) is 10.4. The van der Waals surface area contributed by atoms with E-state index in [-0.39, 0.29) is 5.56 Å². The maximum atomic E-state index is 11.4. The van der Waals surface area contributed by atoms with Gasteiger partial charge >= 0.3 is 5.97 Å². The molecule has 2 rings (SSSR count). The molecule has 0 aliphatic rings. The molecule has 0 aromatic carbocycles. The van der Waals surface area contributed by atoms with E-state index in [0.717, 1.165) is 23.4 Å². The predicted octanol–water partition coefficient (Wildman–Crippen LogP) is 2.97. The van der Waals surface area contributed by atoms with Crippen LogP contribution in [0.15, 0.2) is 24.4 Å². The lowest BCUT2D eigenvalue weighted by Gasteiger charge is -2.13. The zero-order valence-corrected chi connectivity index (χ0v) is 12.5. The number of carbonyl (C=O) groups is 1. The second-order valence-corrected chi connectivity index (χ2v) is 4.93. The van der Waals surface area contributed by atoms with Gasteiger partial charge in [0.15, 0.2) is 0 Å². The first kappa shape index (κ1) is 15.0. The van der Waals surface area contributed by atoms with Crippen molar-refractivity contribution in [1.82, 2.24) is 9.97 Å². The summed E-state index contributed by atoms with van der Waals surface area (Å²) < 4.78 is 0. The molecule has 2 N–H and O–H groups in total. The van der Waals surface area contributed by atoms with Crippen LogP contribution in [0.25, 0.3) is 0 Å². The maximum absolute atomic E-state index is 11.4. The summed E-state index contributed by atoms with van der Waals surface area (Å²) >= 11 is 0. The van der Waals surface area contributed by atoms with Crippen molar-refractivity contribution in [2.75, 3.05) is 5.32 Å². The lowest BCUT2D eigenvalue weighted by Crippen LogP contribution is -2.12. The van der Waals surface area contributed by atoms with E-state index < -0.39 is 5.97 Å². The number of aryl methyl sites for hydroxylation is 3. The molecular weight excluding hydrogens is 266 g/mol. The van der Waals surface area contributed by atoms with Crippen molar-refractivity contribution in [2.24, 2.45) is 0 Å². The minimum atomic E-state index is -0.973. The van der Waals surface area contributed by atoms with Crippen LogP contribution in [0.4, 0.5) is 5.82 Å². The van der Waals surface area contributed by atoms with Gasteiger partial charge in [-0.3, -0.25) is 4.98 Å². The number of nitrogens with one attached hydrogen (secondary N) is 1. The van der Waals surface area contributed by atoms with Crippen LogP contribution in [0.1, 0.15) is 39.8 Å². The van der Waals surface area contributed by atoms with Gasteiger partial charge in [0.2, 0.25) is 0 Å². The van der Waals surface area contributed by atoms with Gasteiger partial charge in [-0.25, -0.2) is 9.78 Å². The van der Waals surface area contributed by atoms with Crippen molar-refractivity contribution in [3.8, 4) is 0 Å². The Hall–Kier alpha value is -2.43. The van der Waals surface area contributed by atoms with E-state index in [1.807, 2.05) is 19.1 Å². The number of rotatable bonds is 5. The molecule has 5 heteroatoms. The van der Waals surface area contributed by atoms with Crippen LogP contribution in [-0.4, -0.2) is 21.0 Å². The van der Waals surface area contributed by atoms with E-state index >= 15 is 0 Å². The number of pyridine rings is 2. The summed E-state index contributed by atoms with van der Waals surface area (Å²) in [4.78, 5) is 20.0. The highest BCUT2D eigenvalue weighted by Gasteiger charge is 2.15. The number of aromatic carboxylic acids is 1. The van der Waals surface area contributed by atoms with Crippen molar-refractivity contribution >= 4 is 11.8 Å². The van der Waals surface area contributed by atoms with Crippen molar-refractivity contribution < 1.29 is 9.90 Å². The van der Waals surface area contributed by atoms with Gasteiger partial charge in [0.05, 0.1) is 12.2 Å². The quantitative estimate of drug-likeness (QED) is 0.883. The number of carboxylic acid groups (broad SMARTS) is 1. The molecule has 2 heterocycles. The SMILES string of the molecule is CCc1cccnc1CNc1nc(C)cc(C)c1C(=O)O. The standard InChI is InChI=1S/C16H19N3O2/c1-4-12-6-5-7-17-13(12)9-18-15-14(16(20)21)10(2)8-11(3)19-15/h5-8H,4,9H2,1-3H3,(H,18,19)(H,20,21). The van der Waals surface area contributed by atoms with Crippen LogP contribution in [0.2, 0.25) is 0 Å². The second kappa shape index (κ2) is 6.35. The van der Waals surface area contributed by atoms with Crippen molar-refractivity contribution in [3.63, 3.8) is 0 Å². The molecule has 5 nitrogen and oxygen atoms in total. The fraction of sp³-hybridized carbons (Fsp3) is 0.312. The summed E-state index contributed by atoms with van der Waals surface area (Å²) in [7, 11) is 0. The highest BCUT2D eigenvalue weighted by molar-refractivity contribution is 5.94. The van der Waals surface area contributed by atoms with Gasteiger partial charge in [-0.1, -0.05) is 13.0 Å². The molecule has 2 aromatic heterocycles. The Balaban J connectivity index is 2.30. The number of carboxylic acids is 1. The zero-order valence-electron chi connectivity index (χ0n) is 12.5. The molecule has 0 aliphatic heterocycles. The van der Waals surface area contributed by atoms with E-state index in [2.05, 4.69) is 22.2 Å². The van der Waals surface area contributed by atoms with Crippen LogP contribution in [0.5, 0.6) is 0 Å².